The number of para-hydroxylation sites is 2. The second kappa shape index (κ2) is 15.8. The molecule has 11 rings (SSSR count). The molecule has 290 valence electrons. The number of anilines is 4. The molecule has 0 bridgehead atoms. The van der Waals surface area contributed by atoms with Crippen LogP contribution in [-0.2, 0) is 0 Å². The minimum atomic E-state index is 0.929. The molecule has 0 amide bonds. The third-order valence-electron chi connectivity index (χ3n) is 12.2. The predicted molar refractivity (Wildman–Crippen MR) is 262 cm³/mol. The molecule has 9 aromatic rings. The van der Waals surface area contributed by atoms with E-state index in [0.29, 0.717) is 0 Å². The number of allylic oxidation sites excluding steroid dienone is 8. The Morgan fingerprint density at radius 3 is 1.26 bits per heavy atom. The third-order valence-corrected chi connectivity index (χ3v) is 12.2. The first-order valence-corrected chi connectivity index (χ1v) is 21.4. The van der Waals surface area contributed by atoms with E-state index in [4.69, 9.17) is 0 Å². The molecule has 9 aromatic carbocycles. The molecule has 0 fully saturated rings. The van der Waals surface area contributed by atoms with E-state index < -0.39 is 0 Å². The summed E-state index contributed by atoms with van der Waals surface area (Å²) in [6, 6.07) is 66.7. The van der Waals surface area contributed by atoms with Crippen molar-refractivity contribution in [1.29, 1.82) is 0 Å². The van der Waals surface area contributed by atoms with Crippen molar-refractivity contribution in [3.05, 3.63) is 242 Å². The fourth-order valence-electron chi connectivity index (χ4n) is 9.59. The first kappa shape index (κ1) is 36.4. The van der Waals surface area contributed by atoms with Crippen LogP contribution in [0.25, 0.3) is 65.3 Å². The Kier molecular flexibility index (Phi) is 9.44. The molecule has 2 nitrogen and oxygen atoms in total. The Balaban J connectivity index is 1.15. The minimum absolute atomic E-state index is 0.929. The maximum absolute atomic E-state index is 2.44. The van der Waals surface area contributed by atoms with Crippen molar-refractivity contribution >= 4 is 65.8 Å². The standard InChI is InChI=1S/C59H44N2/c1-2-7-23-42(22-6-1)60(43-24-8-3-9-25-43)56-40-38-54(46-30-14-16-32-48(46)56)58-50-34-18-20-36-52(50)59(53-37-21-19-35-51(53)58)55-39-41-57(49-33-17-15-31-47(49)55)61(44-26-10-4-11-27-44)45-28-12-5-13-29-45/h1,4-8,10-41H,2-3,9H2. The van der Waals surface area contributed by atoms with Crippen molar-refractivity contribution in [3.8, 4) is 22.3 Å². The monoisotopic (exact) mass is 780 g/mol. The van der Waals surface area contributed by atoms with Gasteiger partial charge in [0.05, 0.1) is 11.4 Å². The van der Waals surface area contributed by atoms with Crippen LogP contribution in [0.2, 0.25) is 0 Å². The van der Waals surface area contributed by atoms with Crippen LogP contribution in [0.5, 0.6) is 0 Å². The molecule has 0 unspecified atom stereocenters. The molecule has 0 aliphatic heterocycles. The molecule has 61 heavy (non-hydrogen) atoms. The van der Waals surface area contributed by atoms with Crippen LogP contribution < -0.4 is 9.80 Å². The summed E-state index contributed by atoms with van der Waals surface area (Å²) in [6.07, 6.45) is 21.2. The molecule has 0 saturated heterocycles. The van der Waals surface area contributed by atoms with E-state index in [-0.39, 0.29) is 0 Å². The van der Waals surface area contributed by atoms with Crippen molar-refractivity contribution < 1.29 is 0 Å². The second-order valence-electron chi connectivity index (χ2n) is 15.8. The fourth-order valence-corrected chi connectivity index (χ4v) is 9.59. The van der Waals surface area contributed by atoms with E-state index in [1.165, 1.54) is 82.4 Å². The molecule has 0 spiro atoms. The molecule has 2 aliphatic carbocycles. The lowest BCUT2D eigenvalue weighted by Crippen LogP contribution is -2.21. The van der Waals surface area contributed by atoms with E-state index in [2.05, 4.69) is 240 Å². The third kappa shape index (κ3) is 6.45. The van der Waals surface area contributed by atoms with Crippen molar-refractivity contribution in [2.45, 2.75) is 19.3 Å². The van der Waals surface area contributed by atoms with Crippen LogP contribution in [0.1, 0.15) is 19.3 Å². The zero-order chi connectivity index (χ0) is 40.5. The topological polar surface area (TPSA) is 6.48 Å². The molecule has 0 saturated carbocycles. The fraction of sp³-hybridized carbons (Fsp3) is 0.0508. The molecule has 0 N–H and O–H groups in total. The van der Waals surface area contributed by atoms with Gasteiger partial charge in [-0.3, -0.25) is 0 Å². The maximum atomic E-state index is 2.44. The summed E-state index contributed by atoms with van der Waals surface area (Å²) < 4.78 is 0. The first-order chi connectivity index (χ1) is 30.3. The van der Waals surface area contributed by atoms with Gasteiger partial charge < -0.3 is 9.80 Å². The van der Waals surface area contributed by atoms with Gasteiger partial charge in [-0.25, -0.2) is 0 Å². The Labute approximate surface area is 357 Å². The van der Waals surface area contributed by atoms with Gasteiger partial charge in [-0.1, -0.05) is 176 Å². The molecular weight excluding hydrogens is 737 g/mol. The van der Waals surface area contributed by atoms with Gasteiger partial charge in [0.2, 0.25) is 0 Å². The van der Waals surface area contributed by atoms with E-state index in [1.807, 2.05) is 0 Å². The SMILES string of the molecule is C1=CCC=CC(N(C2=CCCC=C2)c2ccc(-c3c4ccccc4c(-c4ccc(N(c5ccccc5)c5ccccc5)c5ccccc45)c4ccccc34)c3ccccc23)=C1. The van der Waals surface area contributed by atoms with E-state index >= 15 is 0 Å². The summed E-state index contributed by atoms with van der Waals surface area (Å²) in [5, 5.41) is 9.85. The van der Waals surface area contributed by atoms with Gasteiger partial charge in [0.15, 0.2) is 0 Å². The highest BCUT2D eigenvalue weighted by Gasteiger charge is 2.24. The minimum Gasteiger partial charge on any atom is -0.310 e. The van der Waals surface area contributed by atoms with Crippen LogP contribution in [-0.4, -0.2) is 0 Å². The quantitative estimate of drug-likeness (QED) is 0.142. The Morgan fingerprint density at radius 2 is 0.770 bits per heavy atom. The van der Waals surface area contributed by atoms with Crippen molar-refractivity contribution in [2.24, 2.45) is 0 Å². The number of nitrogens with zero attached hydrogens (tertiary/aromatic N) is 2. The number of fused-ring (bicyclic) bond motifs is 4. The number of benzene rings is 9. The van der Waals surface area contributed by atoms with Gasteiger partial charge >= 0.3 is 0 Å². The lowest BCUT2D eigenvalue weighted by Gasteiger charge is -2.30. The Hall–Kier alpha value is -7.68. The maximum Gasteiger partial charge on any atom is 0.0540 e. The number of hydrogen-bond acceptors (Lipinski definition) is 2. The summed E-state index contributed by atoms with van der Waals surface area (Å²) in [4.78, 5) is 4.82. The predicted octanol–water partition coefficient (Wildman–Crippen LogP) is 16.5. The number of hydrogen-bond donors (Lipinski definition) is 0. The molecule has 2 heteroatoms. The lowest BCUT2D eigenvalue weighted by atomic mass is 9.83. The Morgan fingerprint density at radius 1 is 0.328 bits per heavy atom. The molecule has 0 radical (unpaired) electrons. The lowest BCUT2D eigenvalue weighted by molar-refractivity contribution is 0.988. The van der Waals surface area contributed by atoms with Crippen molar-refractivity contribution in [1.82, 2.24) is 0 Å². The van der Waals surface area contributed by atoms with Gasteiger partial charge in [-0.15, -0.1) is 0 Å². The van der Waals surface area contributed by atoms with Gasteiger partial charge in [0, 0.05) is 33.5 Å². The highest BCUT2D eigenvalue weighted by atomic mass is 15.2. The molecular formula is C59H44N2. The average molecular weight is 781 g/mol. The van der Waals surface area contributed by atoms with Crippen LogP contribution in [0, 0.1) is 0 Å². The molecule has 2 aliphatic rings. The Bertz CT molecular complexity index is 3180. The highest BCUT2D eigenvalue weighted by Crippen LogP contribution is 2.49. The van der Waals surface area contributed by atoms with Gasteiger partial charge in [-0.05, 0) is 128 Å². The molecule has 0 aromatic heterocycles. The summed E-state index contributed by atoms with van der Waals surface area (Å²) in [5.41, 5.74) is 11.9. The molecule has 0 heterocycles. The summed E-state index contributed by atoms with van der Waals surface area (Å²) in [7, 11) is 0. The smallest absolute Gasteiger partial charge is 0.0540 e. The highest BCUT2D eigenvalue weighted by molar-refractivity contribution is 6.26. The van der Waals surface area contributed by atoms with Crippen LogP contribution in [0.4, 0.5) is 22.7 Å². The van der Waals surface area contributed by atoms with Gasteiger partial charge in [0.25, 0.3) is 0 Å². The number of rotatable bonds is 8. The summed E-state index contributed by atoms with van der Waals surface area (Å²) >= 11 is 0. The van der Waals surface area contributed by atoms with E-state index in [1.54, 1.807) is 0 Å². The second-order valence-corrected chi connectivity index (χ2v) is 15.8. The first-order valence-electron chi connectivity index (χ1n) is 21.4. The average Bonchev–Trinajstić information content (AvgIpc) is 3.62. The molecule has 0 atom stereocenters. The van der Waals surface area contributed by atoms with Gasteiger partial charge in [0.1, 0.15) is 0 Å². The zero-order valence-electron chi connectivity index (χ0n) is 34.0. The summed E-state index contributed by atoms with van der Waals surface area (Å²) in [5.74, 6) is 0. The van der Waals surface area contributed by atoms with Gasteiger partial charge in [-0.2, -0.15) is 0 Å². The van der Waals surface area contributed by atoms with Crippen LogP contribution in [0.15, 0.2) is 242 Å². The largest absolute Gasteiger partial charge is 0.310 e. The van der Waals surface area contributed by atoms with E-state index in [0.717, 1.165) is 36.3 Å². The summed E-state index contributed by atoms with van der Waals surface area (Å²) in [6.45, 7) is 0. The van der Waals surface area contributed by atoms with Crippen LogP contribution >= 0.6 is 0 Å². The zero-order valence-corrected chi connectivity index (χ0v) is 34.0. The van der Waals surface area contributed by atoms with Crippen molar-refractivity contribution in [2.75, 3.05) is 9.80 Å². The normalized spacial score (nSPS) is 13.7. The van der Waals surface area contributed by atoms with E-state index in [9.17, 15) is 0 Å². The van der Waals surface area contributed by atoms with Crippen LogP contribution in [0.3, 0.4) is 0 Å². The van der Waals surface area contributed by atoms with Crippen molar-refractivity contribution in [3.63, 3.8) is 0 Å².